The van der Waals surface area contributed by atoms with Crippen LogP contribution in [0.3, 0.4) is 0 Å². The highest BCUT2D eigenvalue weighted by Crippen LogP contribution is 2.48. The van der Waals surface area contributed by atoms with E-state index < -0.39 is 18.1 Å². The van der Waals surface area contributed by atoms with Gasteiger partial charge in [0.1, 0.15) is 0 Å². The van der Waals surface area contributed by atoms with Gasteiger partial charge < -0.3 is 15.5 Å². The van der Waals surface area contributed by atoms with Gasteiger partial charge in [0.2, 0.25) is 5.91 Å². The highest BCUT2D eigenvalue weighted by atomic mass is 35.5. The van der Waals surface area contributed by atoms with Gasteiger partial charge in [-0.25, -0.2) is 4.79 Å². The summed E-state index contributed by atoms with van der Waals surface area (Å²) in [5, 5.41) is 19.3. The minimum absolute atomic E-state index is 0.0750. The molecule has 0 radical (unpaired) electrons. The number of hydrogen-bond donors (Lipinski definition) is 3. The fourth-order valence-electron chi connectivity index (χ4n) is 2.16. The quantitative estimate of drug-likeness (QED) is 0.368. The van der Waals surface area contributed by atoms with Crippen LogP contribution in [0.1, 0.15) is 24.8 Å². The van der Waals surface area contributed by atoms with Crippen molar-refractivity contribution in [3.8, 4) is 0 Å². The minimum Gasteiger partial charge on any atom is -0.481 e. The second kappa shape index (κ2) is 11.6. The van der Waals surface area contributed by atoms with Gasteiger partial charge in [-0.3, -0.25) is 9.59 Å². The summed E-state index contributed by atoms with van der Waals surface area (Å²) < 4.78 is 31.7. The van der Waals surface area contributed by atoms with Crippen molar-refractivity contribution < 1.29 is 37.8 Å². The van der Waals surface area contributed by atoms with Crippen molar-refractivity contribution in [3.63, 3.8) is 0 Å². The van der Waals surface area contributed by atoms with E-state index in [-0.39, 0.29) is 17.7 Å². The number of carboxylic acids is 2. The molecule has 0 heterocycles. The summed E-state index contributed by atoms with van der Waals surface area (Å²) in [4.78, 5) is 31.6. The molecule has 2 rings (SSSR count). The number of carbonyl (C=O) groups excluding carboxylic acids is 1. The van der Waals surface area contributed by atoms with Crippen LogP contribution in [0, 0.1) is 0 Å². The Morgan fingerprint density at radius 1 is 1.07 bits per heavy atom. The summed E-state index contributed by atoms with van der Waals surface area (Å²) in [7, 11) is 3.11. The van der Waals surface area contributed by atoms with Gasteiger partial charge in [0.05, 0.1) is 11.8 Å². The lowest BCUT2D eigenvalue weighted by atomic mass is 9.95. The van der Waals surface area contributed by atoms with Crippen LogP contribution in [0.5, 0.6) is 0 Å². The largest absolute Gasteiger partial charge is 0.490 e. The number of halogens is 4. The second-order valence-electron chi connectivity index (χ2n) is 5.94. The van der Waals surface area contributed by atoms with Crippen LogP contribution in [0.4, 0.5) is 13.2 Å². The van der Waals surface area contributed by atoms with Crippen molar-refractivity contribution >= 4 is 51.0 Å². The number of aliphatic carboxylic acids is 2. The Morgan fingerprint density at radius 3 is 2.03 bits per heavy atom. The van der Waals surface area contributed by atoms with E-state index in [2.05, 4.69) is 5.32 Å². The van der Waals surface area contributed by atoms with Crippen LogP contribution in [0.2, 0.25) is 5.02 Å². The van der Waals surface area contributed by atoms with E-state index in [9.17, 15) is 22.8 Å². The molecular formula is C17H19ClF3NO5S2. The first-order valence-corrected chi connectivity index (χ1v) is 11.2. The number of hydrogen-bond acceptors (Lipinski definition) is 5. The fraction of sp³-hybridized carbons (Fsp3) is 0.471. The van der Waals surface area contributed by atoms with E-state index in [4.69, 9.17) is 26.6 Å². The molecule has 1 aliphatic carbocycles. The van der Waals surface area contributed by atoms with Gasteiger partial charge >= 0.3 is 18.1 Å². The standard InChI is InChI=1S/C15H18ClNO3S2.C2HF3O2/c16-12-3-1-11(2-4-12)15(6-7-15)14(20)17-8-10-22-21-9-5-13(18)19;3-2(4,5)1(6)7/h1-4H,5-10H2,(H,17,20)(H,18,19);(H,6,7). The zero-order valence-corrected chi connectivity index (χ0v) is 17.4. The molecule has 1 saturated carbocycles. The third-order valence-electron chi connectivity index (χ3n) is 3.78. The lowest BCUT2D eigenvalue weighted by Crippen LogP contribution is -2.35. The van der Waals surface area contributed by atoms with Gasteiger partial charge in [-0.2, -0.15) is 13.2 Å². The molecular weight excluding hydrogens is 455 g/mol. The maximum Gasteiger partial charge on any atom is 0.490 e. The van der Waals surface area contributed by atoms with E-state index >= 15 is 0 Å². The third-order valence-corrected chi connectivity index (χ3v) is 6.44. The van der Waals surface area contributed by atoms with Crippen molar-refractivity contribution in [1.29, 1.82) is 0 Å². The Bertz CT molecular complexity index is 712. The van der Waals surface area contributed by atoms with Crippen molar-refractivity contribution in [2.24, 2.45) is 0 Å². The predicted molar refractivity (Wildman–Crippen MR) is 106 cm³/mol. The molecule has 0 atom stereocenters. The molecule has 0 spiro atoms. The number of rotatable bonds is 9. The number of alkyl halides is 3. The number of benzene rings is 1. The first kappa shape index (κ1) is 25.4. The first-order chi connectivity index (χ1) is 13.5. The molecule has 1 amide bonds. The lowest BCUT2D eigenvalue weighted by molar-refractivity contribution is -0.192. The third kappa shape index (κ3) is 9.18. The Kier molecular flexibility index (Phi) is 10.1. The monoisotopic (exact) mass is 473 g/mol. The van der Waals surface area contributed by atoms with Gasteiger partial charge in [0.15, 0.2) is 0 Å². The average Bonchev–Trinajstić information content (AvgIpc) is 3.42. The summed E-state index contributed by atoms with van der Waals surface area (Å²) in [6.07, 6.45) is -3.16. The molecule has 1 fully saturated rings. The van der Waals surface area contributed by atoms with E-state index in [0.717, 1.165) is 24.2 Å². The zero-order valence-electron chi connectivity index (χ0n) is 15.0. The summed E-state index contributed by atoms with van der Waals surface area (Å²) in [6.45, 7) is 0.596. The molecule has 0 aliphatic heterocycles. The zero-order chi connectivity index (χ0) is 22.1. The number of nitrogens with one attached hydrogen (secondary N) is 1. The van der Waals surface area contributed by atoms with Gasteiger partial charge in [0.25, 0.3) is 0 Å². The van der Waals surface area contributed by atoms with Crippen molar-refractivity contribution in [2.45, 2.75) is 30.9 Å². The van der Waals surface area contributed by atoms with E-state index in [1.165, 1.54) is 10.8 Å². The summed E-state index contributed by atoms with van der Waals surface area (Å²) in [5.74, 6) is -2.10. The molecule has 0 unspecified atom stereocenters. The lowest BCUT2D eigenvalue weighted by Gasteiger charge is -2.15. The molecule has 29 heavy (non-hydrogen) atoms. The van der Waals surface area contributed by atoms with Gasteiger partial charge in [-0.1, -0.05) is 45.3 Å². The van der Waals surface area contributed by atoms with Crippen LogP contribution >= 0.6 is 33.2 Å². The Labute approximate surface area is 178 Å². The SMILES string of the molecule is O=C(O)C(F)(F)F.O=C(O)CCSSCCNC(=O)C1(c2ccc(Cl)cc2)CC1. The minimum atomic E-state index is -5.08. The van der Waals surface area contributed by atoms with Gasteiger partial charge in [-0.05, 0) is 30.5 Å². The number of amides is 1. The van der Waals surface area contributed by atoms with Crippen LogP contribution in [0.25, 0.3) is 0 Å². The summed E-state index contributed by atoms with van der Waals surface area (Å²) in [5.41, 5.74) is 0.656. The number of carbonyl (C=O) groups is 3. The van der Waals surface area contributed by atoms with Crippen LogP contribution in [-0.2, 0) is 19.8 Å². The Hall–Kier alpha value is -1.59. The predicted octanol–water partition coefficient (Wildman–Crippen LogP) is 3.98. The Balaban J connectivity index is 0.000000516. The summed E-state index contributed by atoms with van der Waals surface area (Å²) >= 11 is 5.88. The molecule has 1 aromatic rings. The molecule has 162 valence electrons. The van der Waals surface area contributed by atoms with Crippen molar-refractivity contribution in [1.82, 2.24) is 5.32 Å². The smallest absolute Gasteiger partial charge is 0.481 e. The topological polar surface area (TPSA) is 104 Å². The fourth-order valence-corrected chi connectivity index (χ4v) is 4.18. The average molecular weight is 474 g/mol. The van der Waals surface area contributed by atoms with Crippen LogP contribution in [-0.4, -0.2) is 52.3 Å². The molecule has 6 nitrogen and oxygen atoms in total. The molecule has 0 bridgehead atoms. The van der Waals surface area contributed by atoms with E-state index in [1.54, 1.807) is 10.8 Å². The molecule has 0 aromatic heterocycles. The van der Waals surface area contributed by atoms with Crippen LogP contribution < -0.4 is 5.32 Å². The molecule has 3 N–H and O–H groups in total. The molecule has 0 saturated heterocycles. The highest BCUT2D eigenvalue weighted by molar-refractivity contribution is 8.76. The number of carboxylic acid groups (broad SMARTS) is 2. The molecule has 1 aliphatic rings. The van der Waals surface area contributed by atoms with Crippen molar-refractivity contribution in [3.05, 3.63) is 34.9 Å². The van der Waals surface area contributed by atoms with E-state index in [0.29, 0.717) is 17.3 Å². The van der Waals surface area contributed by atoms with Crippen LogP contribution in [0.15, 0.2) is 24.3 Å². The van der Waals surface area contributed by atoms with Gasteiger partial charge in [0, 0.05) is 23.1 Å². The molecule has 1 aromatic carbocycles. The van der Waals surface area contributed by atoms with Gasteiger partial charge in [-0.15, -0.1) is 0 Å². The first-order valence-electron chi connectivity index (χ1n) is 8.30. The van der Waals surface area contributed by atoms with E-state index in [1.807, 2.05) is 24.3 Å². The maximum atomic E-state index is 12.4. The summed E-state index contributed by atoms with van der Waals surface area (Å²) in [6, 6.07) is 7.48. The maximum absolute atomic E-state index is 12.4. The normalized spacial score (nSPS) is 14.3. The second-order valence-corrected chi connectivity index (χ2v) is 9.07. The highest BCUT2D eigenvalue weighted by Gasteiger charge is 2.50. The Morgan fingerprint density at radius 2 is 1.59 bits per heavy atom. The van der Waals surface area contributed by atoms with Crippen molar-refractivity contribution in [2.75, 3.05) is 18.1 Å². The molecule has 12 heteroatoms.